The van der Waals surface area contributed by atoms with E-state index in [0.29, 0.717) is 72.9 Å². The Morgan fingerprint density at radius 2 is 1.83 bits per heavy atom. The van der Waals surface area contributed by atoms with Gasteiger partial charge < -0.3 is 20.2 Å². The van der Waals surface area contributed by atoms with Gasteiger partial charge in [0.05, 0.1) is 12.0 Å². The molecule has 2 aromatic heterocycles. The number of halogens is 4. The first-order valence-electron chi connectivity index (χ1n) is 13.8. The van der Waals surface area contributed by atoms with Gasteiger partial charge in [0.15, 0.2) is 5.13 Å². The normalized spacial score (nSPS) is 14.5. The van der Waals surface area contributed by atoms with Crippen LogP contribution in [0.25, 0.3) is 11.3 Å². The molecule has 1 fully saturated rings. The maximum Gasteiger partial charge on any atom is 0.416 e. The molecule has 0 unspecified atom stereocenters. The first-order chi connectivity index (χ1) is 19.8. The van der Waals surface area contributed by atoms with E-state index in [9.17, 15) is 22.4 Å². The van der Waals surface area contributed by atoms with Crippen LogP contribution in [-0.4, -0.2) is 76.2 Å². The number of aromatic nitrogens is 3. The number of hydrogen-bond acceptors (Lipinski definition) is 9. The standard InChI is InChI=1S/C28H35F4N7O2S/c1-5-7-39(17(2)3)26-25(19-13-20(28(30,31)32)15-21(29)14-19)36-27(42-26)35-22-16-23(34-18(4)33-22)38-11-9-37(10-12-38)8-6-24(40)41/h13-17H,5-12H2,1-4H3,(H,40,41)(H,33,34,35,36). The van der Waals surface area contributed by atoms with Gasteiger partial charge in [0.1, 0.15) is 34.0 Å². The molecule has 1 aliphatic heterocycles. The summed E-state index contributed by atoms with van der Waals surface area (Å²) in [7, 11) is 0. The second kappa shape index (κ2) is 13.2. The van der Waals surface area contributed by atoms with Crippen LogP contribution in [0, 0.1) is 12.7 Å². The van der Waals surface area contributed by atoms with Gasteiger partial charge in [-0.3, -0.25) is 9.69 Å². The lowest BCUT2D eigenvalue weighted by molar-refractivity contribution is -0.138. The molecule has 3 aromatic rings. The number of nitrogens with zero attached hydrogens (tertiary/aromatic N) is 6. The van der Waals surface area contributed by atoms with Crippen LogP contribution >= 0.6 is 11.3 Å². The number of benzene rings is 1. The molecule has 1 aliphatic rings. The Morgan fingerprint density at radius 1 is 1.12 bits per heavy atom. The van der Waals surface area contributed by atoms with E-state index in [1.807, 2.05) is 20.8 Å². The number of piperazine rings is 1. The van der Waals surface area contributed by atoms with Gasteiger partial charge in [-0.25, -0.2) is 19.3 Å². The first-order valence-corrected chi connectivity index (χ1v) is 14.6. The topological polar surface area (TPSA) is 97.7 Å². The summed E-state index contributed by atoms with van der Waals surface area (Å²) in [4.78, 5) is 30.9. The molecule has 0 amide bonds. The highest BCUT2D eigenvalue weighted by molar-refractivity contribution is 7.20. The third-order valence-electron chi connectivity index (χ3n) is 6.85. The molecule has 228 valence electrons. The van der Waals surface area contributed by atoms with Gasteiger partial charge in [0.2, 0.25) is 0 Å². The monoisotopic (exact) mass is 609 g/mol. The number of carbonyl (C=O) groups is 1. The molecule has 0 bridgehead atoms. The van der Waals surface area contributed by atoms with Gasteiger partial charge in [0.25, 0.3) is 0 Å². The van der Waals surface area contributed by atoms with Crippen LogP contribution in [0.4, 0.5) is 39.3 Å². The molecule has 0 atom stereocenters. The number of carboxylic acids is 1. The molecule has 0 spiro atoms. The van der Waals surface area contributed by atoms with Crippen LogP contribution < -0.4 is 15.1 Å². The molecule has 3 heterocycles. The van der Waals surface area contributed by atoms with Crippen LogP contribution in [0.2, 0.25) is 0 Å². The maximum atomic E-state index is 14.4. The first kappa shape index (κ1) is 31.4. The Kier molecular flexibility index (Phi) is 9.87. The molecule has 42 heavy (non-hydrogen) atoms. The molecule has 9 nitrogen and oxygen atoms in total. The third kappa shape index (κ3) is 7.85. The van der Waals surface area contributed by atoms with Crippen LogP contribution in [0.1, 0.15) is 45.0 Å². The summed E-state index contributed by atoms with van der Waals surface area (Å²) < 4.78 is 55.0. The Balaban J connectivity index is 1.64. The lowest BCUT2D eigenvalue weighted by Gasteiger charge is -2.35. The van der Waals surface area contributed by atoms with E-state index >= 15 is 0 Å². The minimum atomic E-state index is -4.70. The van der Waals surface area contributed by atoms with Crippen molar-refractivity contribution in [2.75, 3.05) is 54.4 Å². The van der Waals surface area contributed by atoms with Crippen molar-refractivity contribution in [3.8, 4) is 11.3 Å². The Bertz CT molecular complexity index is 1390. The average Bonchev–Trinajstić information content (AvgIpc) is 3.32. The number of anilines is 4. The van der Waals surface area contributed by atoms with E-state index in [1.165, 1.54) is 11.3 Å². The zero-order valence-corrected chi connectivity index (χ0v) is 24.8. The van der Waals surface area contributed by atoms with Gasteiger partial charge in [-0.15, -0.1) is 0 Å². The molecule has 1 saturated heterocycles. The molecular formula is C28H35F4N7O2S. The smallest absolute Gasteiger partial charge is 0.416 e. The molecule has 0 aliphatic carbocycles. The highest BCUT2D eigenvalue weighted by Gasteiger charge is 2.32. The van der Waals surface area contributed by atoms with Crippen molar-refractivity contribution in [1.29, 1.82) is 0 Å². The van der Waals surface area contributed by atoms with Crippen LogP contribution in [0.5, 0.6) is 0 Å². The molecule has 0 radical (unpaired) electrons. The van der Waals surface area contributed by atoms with Crippen LogP contribution in [-0.2, 0) is 11.0 Å². The minimum absolute atomic E-state index is 0.0229. The van der Waals surface area contributed by atoms with Crippen molar-refractivity contribution < 1.29 is 27.5 Å². The fraction of sp³-hybridized carbons (Fsp3) is 0.500. The number of hydrogen-bond donors (Lipinski definition) is 2. The fourth-order valence-electron chi connectivity index (χ4n) is 4.82. The van der Waals surface area contributed by atoms with E-state index in [4.69, 9.17) is 5.11 Å². The summed E-state index contributed by atoms with van der Waals surface area (Å²) in [6, 6.07) is 4.30. The van der Waals surface area contributed by atoms with Crippen molar-refractivity contribution in [3.63, 3.8) is 0 Å². The van der Waals surface area contributed by atoms with Crippen molar-refractivity contribution in [1.82, 2.24) is 19.9 Å². The van der Waals surface area contributed by atoms with Crippen molar-refractivity contribution in [3.05, 3.63) is 41.5 Å². The largest absolute Gasteiger partial charge is 0.481 e. The summed E-state index contributed by atoms with van der Waals surface area (Å²) in [5.74, 6) is -0.111. The highest BCUT2D eigenvalue weighted by atomic mass is 32.1. The summed E-state index contributed by atoms with van der Waals surface area (Å²) in [6.45, 7) is 11.6. The van der Waals surface area contributed by atoms with Crippen molar-refractivity contribution >= 4 is 39.1 Å². The summed E-state index contributed by atoms with van der Waals surface area (Å²) >= 11 is 1.27. The van der Waals surface area contributed by atoms with Crippen molar-refractivity contribution in [2.24, 2.45) is 0 Å². The van der Waals surface area contributed by atoms with Crippen molar-refractivity contribution in [2.45, 2.75) is 52.8 Å². The lowest BCUT2D eigenvalue weighted by atomic mass is 10.1. The lowest BCUT2D eigenvalue weighted by Crippen LogP contribution is -2.47. The molecule has 2 N–H and O–H groups in total. The van der Waals surface area contributed by atoms with Gasteiger partial charge >= 0.3 is 12.1 Å². The SMILES string of the molecule is CCCN(c1sc(Nc2cc(N3CCN(CCC(=O)O)CC3)nc(C)n2)nc1-c1cc(F)cc(C(F)(F)F)c1)C(C)C. The maximum absolute atomic E-state index is 14.4. The van der Waals surface area contributed by atoms with E-state index in [0.717, 1.165) is 18.6 Å². The van der Waals surface area contributed by atoms with Gasteiger partial charge in [-0.2, -0.15) is 13.2 Å². The molecule has 4 rings (SSSR count). The van der Waals surface area contributed by atoms with Gasteiger partial charge in [0, 0.05) is 56.9 Å². The highest BCUT2D eigenvalue weighted by Crippen LogP contribution is 2.42. The fourth-order valence-corrected chi connectivity index (χ4v) is 5.97. The van der Waals surface area contributed by atoms with Gasteiger partial charge in [-0.05, 0) is 45.4 Å². The second-order valence-corrected chi connectivity index (χ2v) is 11.4. The summed E-state index contributed by atoms with van der Waals surface area (Å²) in [5, 5.41) is 13.2. The number of carboxylic acid groups (broad SMARTS) is 1. The quantitative estimate of drug-likeness (QED) is 0.253. The van der Waals surface area contributed by atoms with Gasteiger partial charge in [-0.1, -0.05) is 18.3 Å². The van der Waals surface area contributed by atoms with E-state index in [-0.39, 0.29) is 23.7 Å². The predicted octanol–water partition coefficient (Wildman–Crippen LogP) is 6.03. The summed E-state index contributed by atoms with van der Waals surface area (Å²) in [5.41, 5.74) is -0.765. The number of alkyl halides is 3. The minimum Gasteiger partial charge on any atom is -0.481 e. The number of aryl methyl sites for hydroxylation is 1. The molecule has 0 saturated carbocycles. The Morgan fingerprint density at radius 3 is 2.45 bits per heavy atom. The van der Waals surface area contributed by atoms with E-state index in [1.54, 1.807) is 13.0 Å². The zero-order valence-electron chi connectivity index (χ0n) is 24.0. The molecular weight excluding hydrogens is 574 g/mol. The van der Waals surface area contributed by atoms with Crippen LogP contribution in [0.15, 0.2) is 24.3 Å². The Hall–Kier alpha value is -3.52. The summed E-state index contributed by atoms with van der Waals surface area (Å²) in [6.07, 6.45) is -3.81. The molecule has 1 aromatic carbocycles. The average molecular weight is 610 g/mol. The number of nitrogens with one attached hydrogen (secondary N) is 1. The second-order valence-electron chi connectivity index (χ2n) is 10.4. The number of aliphatic carboxylic acids is 1. The number of rotatable bonds is 11. The van der Waals surface area contributed by atoms with E-state index in [2.05, 4.69) is 35.0 Å². The zero-order chi connectivity index (χ0) is 30.6. The van der Waals surface area contributed by atoms with Crippen LogP contribution in [0.3, 0.4) is 0 Å². The predicted molar refractivity (Wildman–Crippen MR) is 156 cm³/mol. The number of thiazole rings is 1. The Labute approximate surface area is 246 Å². The van der Waals surface area contributed by atoms with E-state index < -0.39 is 23.5 Å². The third-order valence-corrected chi connectivity index (χ3v) is 7.86. The molecule has 14 heteroatoms.